The Kier molecular flexibility index (Phi) is 4.33. The summed E-state index contributed by atoms with van der Waals surface area (Å²) in [5.74, 6) is 1.67. The minimum absolute atomic E-state index is 0.213. The van der Waals surface area contributed by atoms with Gasteiger partial charge >= 0.3 is 0 Å². The largest absolute Gasteiger partial charge is 0.473 e. The van der Waals surface area contributed by atoms with Crippen molar-refractivity contribution in [3.05, 3.63) is 29.7 Å². The SMILES string of the molecule is Cc1cnc(C)c(OC2CCN(Cc3ncnn3C)CC2)n1. The van der Waals surface area contributed by atoms with Crippen molar-refractivity contribution in [1.82, 2.24) is 29.6 Å². The van der Waals surface area contributed by atoms with Crippen LogP contribution in [0.25, 0.3) is 0 Å². The molecule has 7 heteroatoms. The lowest BCUT2D eigenvalue weighted by molar-refractivity contribution is 0.0901. The Balaban J connectivity index is 1.53. The average Bonchev–Trinajstić information content (AvgIpc) is 2.90. The van der Waals surface area contributed by atoms with Gasteiger partial charge in [-0.05, 0) is 26.7 Å². The van der Waals surface area contributed by atoms with E-state index >= 15 is 0 Å². The lowest BCUT2D eigenvalue weighted by atomic mass is 10.1. The quantitative estimate of drug-likeness (QED) is 0.847. The first-order valence-electron chi connectivity index (χ1n) is 7.64. The molecular formula is C15H22N6O. The van der Waals surface area contributed by atoms with E-state index in [1.807, 2.05) is 25.6 Å². The molecule has 0 aliphatic carbocycles. The second kappa shape index (κ2) is 6.39. The van der Waals surface area contributed by atoms with Gasteiger partial charge in [0.15, 0.2) is 0 Å². The van der Waals surface area contributed by atoms with E-state index in [0.717, 1.165) is 49.7 Å². The van der Waals surface area contributed by atoms with Gasteiger partial charge in [-0.25, -0.2) is 9.97 Å². The number of likely N-dealkylation sites (tertiary alicyclic amines) is 1. The number of rotatable bonds is 4. The van der Waals surface area contributed by atoms with E-state index in [4.69, 9.17) is 4.74 Å². The average molecular weight is 302 g/mol. The Morgan fingerprint density at radius 1 is 1.23 bits per heavy atom. The molecule has 1 saturated heterocycles. The highest BCUT2D eigenvalue weighted by atomic mass is 16.5. The maximum atomic E-state index is 6.04. The maximum absolute atomic E-state index is 6.04. The van der Waals surface area contributed by atoms with Gasteiger partial charge in [-0.1, -0.05) is 0 Å². The van der Waals surface area contributed by atoms with Gasteiger partial charge in [-0.3, -0.25) is 14.6 Å². The Morgan fingerprint density at radius 2 is 2.00 bits per heavy atom. The fraction of sp³-hybridized carbons (Fsp3) is 0.600. The monoisotopic (exact) mass is 302 g/mol. The van der Waals surface area contributed by atoms with Crippen LogP contribution in [0.2, 0.25) is 0 Å². The third-order valence-corrected chi connectivity index (χ3v) is 4.02. The molecule has 118 valence electrons. The first-order valence-corrected chi connectivity index (χ1v) is 7.64. The number of hydrogen-bond acceptors (Lipinski definition) is 6. The van der Waals surface area contributed by atoms with Crippen LogP contribution in [0.3, 0.4) is 0 Å². The molecule has 3 rings (SSSR count). The second-order valence-electron chi connectivity index (χ2n) is 5.80. The topological polar surface area (TPSA) is 69.0 Å². The summed E-state index contributed by atoms with van der Waals surface area (Å²) in [5, 5.41) is 4.11. The van der Waals surface area contributed by atoms with Crippen LogP contribution in [0.5, 0.6) is 5.88 Å². The molecule has 22 heavy (non-hydrogen) atoms. The molecule has 1 aliphatic rings. The van der Waals surface area contributed by atoms with Crippen molar-refractivity contribution in [3.8, 4) is 5.88 Å². The van der Waals surface area contributed by atoms with E-state index in [9.17, 15) is 0 Å². The van der Waals surface area contributed by atoms with E-state index in [-0.39, 0.29) is 6.10 Å². The lowest BCUT2D eigenvalue weighted by Gasteiger charge is -2.31. The highest BCUT2D eigenvalue weighted by molar-refractivity contribution is 5.18. The number of nitrogens with zero attached hydrogens (tertiary/aromatic N) is 6. The molecule has 3 heterocycles. The molecule has 0 amide bonds. The van der Waals surface area contributed by atoms with Crippen molar-refractivity contribution in [2.75, 3.05) is 13.1 Å². The molecule has 0 unspecified atom stereocenters. The Bertz CT molecular complexity index is 633. The van der Waals surface area contributed by atoms with Crippen molar-refractivity contribution >= 4 is 0 Å². The Hall–Kier alpha value is -2.02. The van der Waals surface area contributed by atoms with Crippen molar-refractivity contribution in [3.63, 3.8) is 0 Å². The van der Waals surface area contributed by atoms with Gasteiger partial charge in [0.2, 0.25) is 5.88 Å². The van der Waals surface area contributed by atoms with Crippen LogP contribution < -0.4 is 4.74 Å². The minimum atomic E-state index is 0.213. The zero-order chi connectivity index (χ0) is 15.5. The predicted octanol–water partition coefficient (Wildman–Crippen LogP) is 1.27. The molecule has 1 fully saturated rings. The third-order valence-electron chi connectivity index (χ3n) is 4.02. The summed E-state index contributed by atoms with van der Waals surface area (Å²) in [4.78, 5) is 15.4. The van der Waals surface area contributed by atoms with E-state index in [1.165, 1.54) is 0 Å². The Morgan fingerprint density at radius 3 is 2.68 bits per heavy atom. The third kappa shape index (κ3) is 3.41. The van der Waals surface area contributed by atoms with Gasteiger partial charge < -0.3 is 4.74 Å². The minimum Gasteiger partial charge on any atom is -0.473 e. The molecule has 2 aromatic heterocycles. The predicted molar refractivity (Wildman–Crippen MR) is 81.4 cm³/mol. The zero-order valence-corrected chi connectivity index (χ0v) is 13.4. The maximum Gasteiger partial charge on any atom is 0.235 e. The molecule has 0 bridgehead atoms. The molecule has 0 atom stereocenters. The molecule has 0 radical (unpaired) electrons. The number of aryl methyl sites for hydroxylation is 3. The first-order chi connectivity index (χ1) is 10.6. The fourth-order valence-corrected chi connectivity index (χ4v) is 2.63. The van der Waals surface area contributed by atoms with Gasteiger partial charge in [0.05, 0.1) is 17.9 Å². The summed E-state index contributed by atoms with van der Waals surface area (Å²) in [6.07, 6.45) is 5.57. The number of piperidine rings is 1. The summed E-state index contributed by atoms with van der Waals surface area (Å²) >= 11 is 0. The summed E-state index contributed by atoms with van der Waals surface area (Å²) in [6.45, 7) is 6.70. The van der Waals surface area contributed by atoms with Crippen molar-refractivity contribution < 1.29 is 4.74 Å². The molecule has 0 spiro atoms. The van der Waals surface area contributed by atoms with Crippen LogP contribution >= 0.6 is 0 Å². The van der Waals surface area contributed by atoms with Crippen molar-refractivity contribution in [1.29, 1.82) is 0 Å². The van der Waals surface area contributed by atoms with Crippen LogP contribution in [0.1, 0.15) is 30.1 Å². The summed E-state index contributed by atoms with van der Waals surface area (Å²) in [5.41, 5.74) is 1.74. The number of ether oxygens (including phenoxy) is 1. The molecule has 1 aliphatic heterocycles. The second-order valence-corrected chi connectivity index (χ2v) is 5.80. The fourth-order valence-electron chi connectivity index (χ4n) is 2.63. The van der Waals surface area contributed by atoms with Gasteiger partial charge in [0.1, 0.15) is 18.3 Å². The summed E-state index contributed by atoms with van der Waals surface area (Å²) in [6, 6.07) is 0. The van der Waals surface area contributed by atoms with Crippen molar-refractivity contribution in [2.45, 2.75) is 39.3 Å². The molecule has 0 aromatic carbocycles. The van der Waals surface area contributed by atoms with Gasteiger partial charge in [-0.2, -0.15) is 5.10 Å². The standard InChI is InChI=1S/C15H22N6O/c1-11-8-16-12(2)15(19-11)22-13-4-6-21(7-5-13)9-14-17-10-18-20(14)3/h8,10,13H,4-7,9H2,1-3H3. The molecule has 2 aromatic rings. The van der Waals surface area contributed by atoms with Gasteiger partial charge in [0, 0.05) is 26.3 Å². The molecule has 0 saturated carbocycles. The Labute approximate surface area is 130 Å². The summed E-state index contributed by atoms with van der Waals surface area (Å²) in [7, 11) is 1.93. The number of hydrogen-bond donors (Lipinski definition) is 0. The summed E-state index contributed by atoms with van der Waals surface area (Å²) < 4.78 is 7.87. The van der Waals surface area contributed by atoms with E-state index < -0.39 is 0 Å². The molecular weight excluding hydrogens is 280 g/mol. The van der Waals surface area contributed by atoms with Crippen LogP contribution in [-0.4, -0.2) is 48.8 Å². The van der Waals surface area contributed by atoms with E-state index in [0.29, 0.717) is 5.88 Å². The highest BCUT2D eigenvalue weighted by Crippen LogP contribution is 2.20. The van der Waals surface area contributed by atoms with Gasteiger partial charge in [0.25, 0.3) is 0 Å². The van der Waals surface area contributed by atoms with Crippen LogP contribution in [0, 0.1) is 13.8 Å². The van der Waals surface area contributed by atoms with E-state index in [1.54, 1.807) is 12.5 Å². The first kappa shape index (κ1) is 14.9. The number of aromatic nitrogens is 5. The van der Waals surface area contributed by atoms with E-state index in [2.05, 4.69) is 25.0 Å². The highest BCUT2D eigenvalue weighted by Gasteiger charge is 2.22. The zero-order valence-electron chi connectivity index (χ0n) is 13.4. The molecule has 7 nitrogen and oxygen atoms in total. The van der Waals surface area contributed by atoms with Crippen LogP contribution in [-0.2, 0) is 13.6 Å². The molecule has 0 N–H and O–H groups in total. The normalized spacial score (nSPS) is 16.9. The smallest absolute Gasteiger partial charge is 0.235 e. The van der Waals surface area contributed by atoms with Gasteiger partial charge in [-0.15, -0.1) is 0 Å². The van der Waals surface area contributed by atoms with Crippen molar-refractivity contribution in [2.24, 2.45) is 7.05 Å². The lowest BCUT2D eigenvalue weighted by Crippen LogP contribution is -2.38. The van der Waals surface area contributed by atoms with Crippen LogP contribution in [0.15, 0.2) is 12.5 Å². The van der Waals surface area contributed by atoms with Crippen LogP contribution in [0.4, 0.5) is 0 Å².